The van der Waals surface area contributed by atoms with Crippen molar-refractivity contribution in [3.63, 3.8) is 0 Å². The maximum Gasteiger partial charge on any atom is 0.222 e. The minimum Gasteiger partial charge on any atom is -0.389 e. The SMILES string of the molecule is CCCC1(O)CC[C@H]2[C@@H]3CCC4N(C)C(=O)CC[C@]4(C)[C@@H]3CC[C@@]21C. The van der Waals surface area contributed by atoms with E-state index in [1.807, 2.05) is 7.05 Å². The summed E-state index contributed by atoms with van der Waals surface area (Å²) in [6, 6.07) is 0.440. The van der Waals surface area contributed by atoms with Crippen LogP contribution in [-0.4, -0.2) is 34.6 Å². The lowest BCUT2D eigenvalue weighted by Crippen LogP contribution is -2.62. The lowest BCUT2D eigenvalue weighted by Gasteiger charge is -2.62. The summed E-state index contributed by atoms with van der Waals surface area (Å²) in [6.45, 7) is 7.09. The molecular weight excluding hydrogens is 310 g/mol. The predicted octanol–water partition coefficient (Wildman–Crippen LogP) is 4.38. The quantitative estimate of drug-likeness (QED) is 0.805. The molecule has 4 rings (SSSR count). The normalized spacial score (nSPS) is 52.5. The van der Waals surface area contributed by atoms with Gasteiger partial charge in [0.05, 0.1) is 5.60 Å². The highest BCUT2D eigenvalue weighted by Gasteiger charge is 2.64. The summed E-state index contributed by atoms with van der Waals surface area (Å²) >= 11 is 0. The molecule has 0 aromatic carbocycles. The molecular formula is C22H37NO2. The van der Waals surface area contributed by atoms with Crippen molar-refractivity contribution in [3.8, 4) is 0 Å². The van der Waals surface area contributed by atoms with Crippen molar-refractivity contribution < 1.29 is 9.90 Å². The van der Waals surface area contributed by atoms with E-state index in [0.29, 0.717) is 23.3 Å². The lowest BCUT2D eigenvalue weighted by molar-refractivity contribution is -0.169. The van der Waals surface area contributed by atoms with Gasteiger partial charge in [0, 0.05) is 19.5 Å². The van der Waals surface area contributed by atoms with E-state index < -0.39 is 5.60 Å². The molecule has 3 saturated carbocycles. The highest BCUT2D eigenvalue weighted by Crippen LogP contribution is 2.67. The maximum atomic E-state index is 12.2. The highest BCUT2D eigenvalue weighted by molar-refractivity contribution is 5.77. The zero-order valence-electron chi connectivity index (χ0n) is 16.7. The Bertz CT molecular complexity index is 562. The van der Waals surface area contributed by atoms with Crippen molar-refractivity contribution in [1.29, 1.82) is 0 Å². The zero-order chi connectivity index (χ0) is 18.0. The third-order valence-electron chi connectivity index (χ3n) is 9.54. The second-order valence-electron chi connectivity index (χ2n) is 10.3. The van der Waals surface area contributed by atoms with E-state index in [0.717, 1.165) is 43.9 Å². The van der Waals surface area contributed by atoms with Gasteiger partial charge >= 0.3 is 0 Å². The number of piperidine rings is 1. The van der Waals surface area contributed by atoms with Crippen LogP contribution < -0.4 is 0 Å². The number of aliphatic hydroxyl groups is 1. The predicted molar refractivity (Wildman–Crippen MR) is 100 cm³/mol. The molecule has 0 bridgehead atoms. The van der Waals surface area contributed by atoms with Crippen LogP contribution in [-0.2, 0) is 4.79 Å². The van der Waals surface area contributed by atoms with Gasteiger partial charge in [0.2, 0.25) is 5.91 Å². The van der Waals surface area contributed by atoms with E-state index in [-0.39, 0.29) is 5.41 Å². The monoisotopic (exact) mass is 347 g/mol. The second kappa shape index (κ2) is 5.71. The molecule has 0 spiro atoms. The molecule has 3 nitrogen and oxygen atoms in total. The van der Waals surface area contributed by atoms with Gasteiger partial charge in [-0.15, -0.1) is 0 Å². The Morgan fingerprint density at radius 3 is 2.52 bits per heavy atom. The van der Waals surface area contributed by atoms with Gasteiger partial charge in [-0.3, -0.25) is 4.79 Å². The summed E-state index contributed by atoms with van der Waals surface area (Å²) in [7, 11) is 2.03. The van der Waals surface area contributed by atoms with E-state index in [2.05, 4.69) is 25.7 Å². The Balaban J connectivity index is 1.63. The third-order valence-corrected chi connectivity index (χ3v) is 9.54. The minimum absolute atomic E-state index is 0.115. The highest BCUT2D eigenvalue weighted by atomic mass is 16.3. The number of amides is 1. The number of fused-ring (bicyclic) bond motifs is 5. The Morgan fingerprint density at radius 1 is 1.08 bits per heavy atom. The van der Waals surface area contributed by atoms with Crippen LogP contribution in [0.2, 0.25) is 0 Å². The van der Waals surface area contributed by atoms with Crippen molar-refractivity contribution in [2.45, 2.75) is 96.6 Å². The van der Waals surface area contributed by atoms with E-state index in [1.165, 1.54) is 32.1 Å². The largest absolute Gasteiger partial charge is 0.389 e. The molecule has 4 fully saturated rings. The van der Waals surface area contributed by atoms with Crippen molar-refractivity contribution in [1.82, 2.24) is 4.90 Å². The molecule has 7 atom stereocenters. The van der Waals surface area contributed by atoms with Crippen LogP contribution in [0.3, 0.4) is 0 Å². The summed E-state index contributed by atoms with van der Waals surface area (Å²) in [4.78, 5) is 14.3. The van der Waals surface area contributed by atoms with Gasteiger partial charge in [-0.1, -0.05) is 27.2 Å². The summed E-state index contributed by atoms with van der Waals surface area (Å²) in [5, 5.41) is 11.5. The first kappa shape index (κ1) is 17.8. The number of hydrogen-bond donors (Lipinski definition) is 1. The average molecular weight is 348 g/mol. The van der Waals surface area contributed by atoms with Crippen molar-refractivity contribution in [3.05, 3.63) is 0 Å². The zero-order valence-corrected chi connectivity index (χ0v) is 16.7. The molecule has 0 aromatic rings. The fourth-order valence-electron chi connectivity index (χ4n) is 8.08. The molecule has 0 radical (unpaired) electrons. The Morgan fingerprint density at radius 2 is 1.80 bits per heavy atom. The first-order valence-electron chi connectivity index (χ1n) is 10.7. The van der Waals surface area contributed by atoms with Gasteiger partial charge in [-0.25, -0.2) is 0 Å². The molecule has 142 valence electrons. The number of nitrogens with zero attached hydrogens (tertiary/aromatic N) is 1. The summed E-state index contributed by atoms with van der Waals surface area (Å²) < 4.78 is 0. The number of rotatable bonds is 2. The van der Waals surface area contributed by atoms with Crippen LogP contribution in [0.1, 0.15) is 85.0 Å². The molecule has 0 aromatic heterocycles. The molecule has 1 aliphatic heterocycles. The second-order valence-corrected chi connectivity index (χ2v) is 10.3. The van der Waals surface area contributed by atoms with Crippen LogP contribution in [0.25, 0.3) is 0 Å². The number of carbonyl (C=O) groups excluding carboxylic acids is 1. The number of carbonyl (C=O) groups is 1. The summed E-state index contributed by atoms with van der Waals surface area (Å²) in [6.07, 6.45) is 10.9. The summed E-state index contributed by atoms with van der Waals surface area (Å²) in [5.74, 6) is 2.53. The molecule has 3 heteroatoms. The van der Waals surface area contributed by atoms with Gasteiger partial charge in [0.1, 0.15) is 0 Å². The van der Waals surface area contributed by atoms with Gasteiger partial charge < -0.3 is 10.0 Å². The van der Waals surface area contributed by atoms with Crippen LogP contribution >= 0.6 is 0 Å². The molecule has 3 aliphatic carbocycles. The van der Waals surface area contributed by atoms with Crippen LogP contribution in [0.5, 0.6) is 0 Å². The minimum atomic E-state index is -0.436. The molecule has 4 aliphatic rings. The third kappa shape index (κ3) is 2.23. The van der Waals surface area contributed by atoms with Crippen LogP contribution in [0.15, 0.2) is 0 Å². The van der Waals surface area contributed by atoms with Gasteiger partial charge in [-0.05, 0) is 80.0 Å². The molecule has 1 amide bonds. The van der Waals surface area contributed by atoms with E-state index >= 15 is 0 Å². The van der Waals surface area contributed by atoms with Crippen molar-refractivity contribution >= 4 is 5.91 Å². The number of hydrogen-bond acceptors (Lipinski definition) is 2. The molecule has 2 unspecified atom stereocenters. The topological polar surface area (TPSA) is 40.5 Å². The Labute approximate surface area is 153 Å². The molecule has 25 heavy (non-hydrogen) atoms. The van der Waals surface area contributed by atoms with E-state index in [4.69, 9.17) is 0 Å². The molecule has 1 saturated heterocycles. The first-order valence-corrected chi connectivity index (χ1v) is 10.7. The average Bonchev–Trinajstić information content (AvgIpc) is 2.83. The lowest BCUT2D eigenvalue weighted by atomic mass is 9.46. The van der Waals surface area contributed by atoms with E-state index in [9.17, 15) is 9.90 Å². The standard InChI is InChI=1S/C22H37NO2/c1-5-11-22(25)14-9-17-15-6-7-18-20(2,12-10-19(24)23(18)4)16(15)8-13-21(17,22)3/h15-18,25H,5-14H2,1-4H3/t15-,16-,17+,18?,20-,21+,22?/m1/s1. The fourth-order valence-corrected chi connectivity index (χ4v) is 8.08. The fraction of sp³-hybridized carbons (Fsp3) is 0.955. The number of likely N-dealkylation sites (tertiary alicyclic amines) is 1. The smallest absolute Gasteiger partial charge is 0.222 e. The van der Waals surface area contributed by atoms with Crippen molar-refractivity contribution in [2.75, 3.05) is 7.05 Å². The Kier molecular flexibility index (Phi) is 4.07. The van der Waals surface area contributed by atoms with Gasteiger partial charge in [0.25, 0.3) is 0 Å². The first-order chi connectivity index (χ1) is 11.8. The van der Waals surface area contributed by atoms with Gasteiger partial charge in [0.15, 0.2) is 0 Å². The maximum absolute atomic E-state index is 12.2. The Hall–Kier alpha value is -0.570. The van der Waals surface area contributed by atoms with Crippen LogP contribution in [0.4, 0.5) is 0 Å². The van der Waals surface area contributed by atoms with Crippen LogP contribution in [0, 0.1) is 28.6 Å². The molecule has 1 N–H and O–H groups in total. The summed E-state index contributed by atoms with van der Waals surface area (Å²) in [5.41, 5.74) is -0.0312. The molecule has 1 heterocycles. The van der Waals surface area contributed by atoms with Crippen molar-refractivity contribution in [2.24, 2.45) is 28.6 Å². The van der Waals surface area contributed by atoms with Gasteiger partial charge in [-0.2, -0.15) is 0 Å². The van der Waals surface area contributed by atoms with E-state index in [1.54, 1.807) is 0 Å².